The molecule has 2 N–H and O–H groups in total. The molecule has 39 heavy (non-hydrogen) atoms. The second-order valence-electron chi connectivity index (χ2n) is 12.0. The fraction of sp³-hybridized carbons (Fsp3) is 0.586. The summed E-state index contributed by atoms with van der Waals surface area (Å²) in [6.45, 7) is 17.3. The van der Waals surface area contributed by atoms with Crippen LogP contribution in [0.2, 0.25) is 10.0 Å². The van der Waals surface area contributed by atoms with Gasteiger partial charge in [-0.05, 0) is 71.2 Å². The molecule has 8 nitrogen and oxygen atoms in total. The summed E-state index contributed by atoms with van der Waals surface area (Å²) in [7, 11) is 0. The van der Waals surface area contributed by atoms with Crippen LogP contribution in [-0.4, -0.2) is 63.7 Å². The van der Waals surface area contributed by atoms with Crippen molar-refractivity contribution in [1.29, 1.82) is 0 Å². The molecule has 3 fully saturated rings. The highest BCUT2D eigenvalue weighted by Crippen LogP contribution is 2.47. The average Bonchev–Trinajstić information content (AvgIpc) is 2.84. The van der Waals surface area contributed by atoms with E-state index in [0.29, 0.717) is 34.8 Å². The Morgan fingerprint density at radius 3 is 2.62 bits per heavy atom. The Morgan fingerprint density at radius 1 is 1.26 bits per heavy atom. The Labute approximate surface area is 240 Å². The van der Waals surface area contributed by atoms with E-state index in [2.05, 4.69) is 20.0 Å². The molecule has 3 aliphatic rings. The van der Waals surface area contributed by atoms with Gasteiger partial charge in [0.1, 0.15) is 5.82 Å². The smallest absolute Gasteiger partial charge is 0.309 e. The van der Waals surface area contributed by atoms with E-state index in [-0.39, 0.29) is 17.6 Å². The third-order valence-corrected chi connectivity index (χ3v) is 9.84. The number of anilines is 2. The van der Waals surface area contributed by atoms with Gasteiger partial charge < -0.3 is 15.3 Å². The molecule has 208 valence electrons. The van der Waals surface area contributed by atoms with Gasteiger partial charge in [0.05, 0.1) is 23.9 Å². The van der Waals surface area contributed by atoms with E-state index in [0.717, 1.165) is 61.7 Å². The van der Waals surface area contributed by atoms with Gasteiger partial charge in [-0.1, -0.05) is 34.1 Å². The van der Waals surface area contributed by atoms with Crippen LogP contribution in [0, 0.1) is 31.8 Å². The maximum atomic E-state index is 11.6. The Bertz CT molecular complexity index is 1320. The van der Waals surface area contributed by atoms with Crippen molar-refractivity contribution in [3.63, 3.8) is 0 Å². The van der Waals surface area contributed by atoms with Crippen molar-refractivity contribution in [1.82, 2.24) is 14.9 Å². The van der Waals surface area contributed by atoms with Crippen LogP contribution in [-0.2, 0) is 4.79 Å². The molecule has 2 atom stereocenters. The highest BCUT2D eigenvalue weighted by atomic mass is 35.5. The number of likely N-dealkylation sites (tertiary alicyclic amines) is 1. The Morgan fingerprint density at radius 2 is 1.97 bits per heavy atom. The molecule has 5 rings (SSSR count). The van der Waals surface area contributed by atoms with Crippen molar-refractivity contribution >= 4 is 40.9 Å². The molecule has 1 aromatic carbocycles. The minimum atomic E-state index is -0.701. The van der Waals surface area contributed by atoms with Crippen LogP contribution in [0.15, 0.2) is 18.2 Å². The number of nitrogens with zero attached hydrogens (tertiary/aromatic N) is 5. The first-order chi connectivity index (χ1) is 18.4. The summed E-state index contributed by atoms with van der Waals surface area (Å²) in [6, 6.07) is 5.74. The predicted octanol–water partition coefficient (Wildman–Crippen LogP) is 6.06. The monoisotopic (exact) mass is 571 g/mol. The number of rotatable bonds is 7. The molecule has 0 bridgehead atoms. The zero-order valence-electron chi connectivity index (χ0n) is 23.0. The number of aryl methyl sites for hydroxylation is 1. The molecule has 1 saturated carbocycles. The standard InChI is InChI=1S/C29H36Cl2N6O2/c1-17-18(2)34-27(35-25(17)33-19(3)23-8-7-21(30)11-24(23)31)37-14-20(15-37)29(32-5)9-6-10-36(16-29)22-12-28(4,13-22)26(38)39/h5,7-8,11,19-20,22H,6,9-10,12-16H2,1-4H3,(H-,33,34,35,38,39)/p+1/t19-,22?,28?,29-/m1/s1. The lowest BCUT2D eigenvalue weighted by molar-refractivity contribution is -0.158. The minimum absolute atomic E-state index is 0.0678. The number of aromatic nitrogens is 2. The van der Waals surface area contributed by atoms with Crippen molar-refractivity contribution in [2.75, 3.05) is 36.4 Å². The number of halogens is 2. The normalized spacial score (nSPS) is 28.2. The SMILES string of the molecule is C#[N+][C@]1(C2CN(c3nc(C)c(C)c(N[C@H](C)c4ccc(Cl)cc4Cl)n3)C2)CCCN(C2CC(C)(C(=O)O)C2)C1. The van der Waals surface area contributed by atoms with Crippen LogP contribution in [0.5, 0.6) is 0 Å². The Kier molecular flexibility index (Phi) is 7.47. The molecule has 2 aliphatic heterocycles. The second kappa shape index (κ2) is 10.4. The summed E-state index contributed by atoms with van der Waals surface area (Å²) >= 11 is 12.5. The first-order valence-electron chi connectivity index (χ1n) is 13.7. The van der Waals surface area contributed by atoms with Gasteiger partial charge in [0.15, 0.2) is 0 Å². The Hall–Kier alpha value is -2.60. The molecule has 10 heteroatoms. The summed E-state index contributed by atoms with van der Waals surface area (Å²) in [5.41, 5.74) is 1.93. The van der Waals surface area contributed by atoms with E-state index in [1.807, 2.05) is 39.8 Å². The van der Waals surface area contributed by atoms with Gasteiger partial charge in [0, 0.05) is 46.9 Å². The topological polar surface area (TPSA) is 86.0 Å². The number of nitrogens with one attached hydrogen (secondary N) is 1. The number of carboxylic acid groups (broad SMARTS) is 1. The zero-order valence-corrected chi connectivity index (χ0v) is 24.6. The first-order valence-corrected chi connectivity index (χ1v) is 14.4. The lowest BCUT2D eigenvalue weighted by atomic mass is 9.65. The number of piperidine rings is 1. The molecular formula is C29H37Cl2N6O2+. The van der Waals surface area contributed by atoms with Crippen LogP contribution in [0.25, 0.3) is 4.85 Å². The number of aliphatic carboxylic acids is 1. The average molecular weight is 573 g/mol. The fourth-order valence-corrected chi connectivity index (χ4v) is 6.95. The van der Waals surface area contributed by atoms with Gasteiger partial charge in [-0.3, -0.25) is 9.69 Å². The van der Waals surface area contributed by atoms with Crippen LogP contribution in [0.3, 0.4) is 0 Å². The third-order valence-electron chi connectivity index (χ3n) is 9.28. The van der Waals surface area contributed by atoms with Gasteiger partial charge in [0.25, 0.3) is 12.1 Å². The Balaban J connectivity index is 1.26. The number of hydrogen-bond acceptors (Lipinski definition) is 6. The highest BCUT2D eigenvalue weighted by Gasteiger charge is 2.59. The van der Waals surface area contributed by atoms with E-state index in [1.165, 1.54) is 0 Å². The van der Waals surface area contributed by atoms with E-state index < -0.39 is 11.4 Å². The second-order valence-corrected chi connectivity index (χ2v) is 12.8. The lowest BCUT2D eigenvalue weighted by Gasteiger charge is -2.51. The molecule has 0 amide bonds. The number of hydrogen-bond donors (Lipinski definition) is 2. The number of carbonyl (C=O) groups is 1. The van der Waals surface area contributed by atoms with E-state index in [9.17, 15) is 9.90 Å². The van der Waals surface area contributed by atoms with Crippen LogP contribution in [0.1, 0.15) is 62.4 Å². The summed E-state index contributed by atoms with van der Waals surface area (Å²) in [5.74, 6) is 1.08. The molecule has 3 heterocycles. The minimum Gasteiger partial charge on any atom is -0.481 e. The van der Waals surface area contributed by atoms with Crippen molar-refractivity contribution in [2.45, 2.75) is 71.0 Å². The maximum absolute atomic E-state index is 11.6. The van der Waals surface area contributed by atoms with Crippen molar-refractivity contribution in [3.05, 3.63) is 49.9 Å². The molecule has 1 aromatic heterocycles. The van der Waals surface area contributed by atoms with Crippen molar-refractivity contribution < 1.29 is 9.90 Å². The number of benzene rings is 1. The zero-order chi connectivity index (χ0) is 28.1. The van der Waals surface area contributed by atoms with Gasteiger partial charge >= 0.3 is 5.97 Å². The molecule has 0 radical (unpaired) electrons. The van der Waals surface area contributed by atoms with E-state index in [1.54, 1.807) is 6.07 Å². The van der Waals surface area contributed by atoms with Crippen LogP contribution < -0.4 is 10.2 Å². The number of carboxylic acids is 1. The largest absolute Gasteiger partial charge is 0.481 e. The molecule has 1 aliphatic carbocycles. The summed E-state index contributed by atoms with van der Waals surface area (Å²) in [4.78, 5) is 30.4. The summed E-state index contributed by atoms with van der Waals surface area (Å²) in [6.07, 6.45) is 3.33. The molecular weight excluding hydrogens is 535 g/mol. The van der Waals surface area contributed by atoms with Gasteiger partial charge in [-0.15, -0.1) is 0 Å². The summed E-state index contributed by atoms with van der Waals surface area (Å²) in [5, 5.41) is 14.3. The fourth-order valence-electron chi connectivity index (χ4n) is 6.38. The molecule has 2 saturated heterocycles. The van der Waals surface area contributed by atoms with E-state index >= 15 is 0 Å². The lowest BCUT2D eigenvalue weighted by Crippen LogP contribution is -2.65. The van der Waals surface area contributed by atoms with Crippen molar-refractivity contribution in [2.24, 2.45) is 11.3 Å². The first kappa shape index (κ1) is 27.9. The quantitative estimate of drug-likeness (QED) is 0.417. The van der Waals surface area contributed by atoms with Crippen LogP contribution >= 0.6 is 23.2 Å². The molecule has 2 aromatic rings. The third kappa shape index (κ3) is 5.17. The van der Waals surface area contributed by atoms with Crippen molar-refractivity contribution in [3.8, 4) is 6.57 Å². The van der Waals surface area contributed by atoms with Gasteiger partial charge in [-0.2, -0.15) is 4.98 Å². The van der Waals surface area contributed by atoms with E-state index in [4.69, 9.17) is 39.7 Å². The highest BCUT2D eigenvalue weighted by molar-refractivity contribution is 6.35. The van der Waals surface area contributed by atoms with Gasteiger partial charge in [-0.25, -0.2) is 4.98 Å². The van der Waals surface area contributed by atoms with Crippen LogP contribution in [0.4, 0.5) is 11.8 Å². The predicted molar refractivity (Wildman–Crippen MR) is 156 cm³/mol. The van der Waals surface area contributed by atoms with Gasteiger partial charge in [0.2, 0.25) is 5.95 Å². The maximum Gasteiger partial charge on any atom is 0.309 e. The molecule has 0 unspecified atom stereocenters. The summed E-state index contributed by atoms with van der Waals surface area (Å²) < 4.78 is 0. The molecule has 0 spiro atoms.